The molecule has 0 bridgehead atoms. The van der Waals surface area contributed by atoms with E-state index in [1.165, 1.54) is 12.1 Å². The molecule has 0 aliphatic carbocycles. The van der Waals surface area contributed by atoms with E-state index in [-0.39, 0.29) is 22.5 Å². The maximum atomic E-state index is 15.7. The highest BCUT2D eigenvalue weighted by Gasteiger charge is 2.35. The van der Waals surface area contributed by atoms with E-state index in [9.17, 15) is 6.57 Å². The molecule has 92 heavy (non-hydrogen) atoms. The molecule has 10 aromatic carbocycles. The van der Waals surface area contributed by atoms with Crippen molar-refractivity contribution in [2.75, 3.05) is 0 Å². The Balaban J connectivity index is 0.965. The number of aromatic nitrogens is 6. The fraction of sp³-hybridized carbons (Fsp3) is 0.0122. The molecule has 0 aliphatic rings. The van der Waals surface area contributed by atoms with Crippen molar-refractivity contribution in [3.8, 4) is 113 Å². The predicted octanol–water partition coefficient (Wildman–Crippen LogP) is 22.0. The van der Waals surface area contributed by atoms with Gasteiger partial charge < -0.3 is 9.13 Å². The van der Waals surface area contributed by atoms with Gasteiger partial charge >= 0.3 is 6.18 Å². The summed E-state index contributed by atoms with van der Waals surface area (Å²) >= 11 is 0. The monoisotopic (exact) mass is 1190 g/mol. The molecule has 16 aromatic rings. The Morgan fingerprint density at radius 2 is 0.587 bits per heavy atom. The van der Waals surface area contributed by atoms with E-state index in [4.69, 9.17) is 19.9 Å². The Bertz CT molecular complexity index is 5300. The molecule has 0 atom stereocenters. The second-order valence-electron chi connectivity index (χ2n) is 22.7. The van der Waals surface area contributed by atoms with Gasteiger partial charge in [0.2, 0.25) is 5.69 Å². The standard InChI is InChI=1S/C82H50F3N7/c1-86-80-79(91-75-43-38-56(71-34-16-30-67(87-71)52-20-6-2-7-21-52)48-62(75)63-49-57(39-44-76(63)91)72-35-17-31-68(88-72)53-22-8-3-9-23-53)47-42-61(60-28-14-15-29-66(60)82(83,84)85)81(80)92-77-45-40-58(73-36-18-32-69(89-73)54-24-10-4-11-25-54)50-64(77)65-51-59(41-46-78(65)92)74-37-19-33-70(90-74)55-26-12-5-13-27-55/h2-51H. The lowest BCUT2D eigenvalue weighted by atomic mass is 9.95. The summed E-state index contributed by atoms with van der Waals surface area (Å²) in [6.07, 6.45) is -4.74. The van der Waals surface area contributed by atoms with E-state index in [0.717, 1.165) is 129 Å². The van der Waals surface area contributed by atoms with Crippen molar-refractivity contribution in [1.29, 1.82) is 0 Å². The van der Waals surface area contributed by atoms with Crippen molar-refractivity contribution >= 4 is 49.3 Å². The number of halogens is 3. The molecule has 0 unspecified atom stereocenters. The van der Waals surface area contributed by atoms with Gasteiger partial charge in [-0.2, -0.15) is 13.2 Å². The highest BCUT2D eigenvalue weighted by atomic mass is 19.4. The molecule has 434 valence electrons. The molecule has 0 fully saturated rings. The van der Waals surface area contributed by atoms with Crippen molar-refractivity contribution in [2.24, 2.45) is 0 Å². The van der Waals surface area contributed by atoms with Gasteiger partial charge in [0, 0.05) is 66.1 Å². The van der Waals surface area contributed by atoms with Crippen molar-refractivity contribution in [2.45, 2.75) is 6.18 Å². The third kappa shape index (κ3) is 9.82. The van der Waals surface area contributed by atoms with Crippen LogP contribution < -0.4 is 0 Å². The van der Waals surface area contributed by atoms with Crippen molar-refractivity contribution < 1.29 is 13.2 Å². The number of pyridine rings is 4. The van der Waals surface area contributed by atoms with Gasteiger partial charge in [0.25, 0.3) is 0 Å². The fourth-order valence-electron chi connectivity index (χ4n) is 12.9. The summed E-state index contributed by atoms with van der Waals surface area (Å²) in [5.74, 6) is 0. The average molecular weight is 1190 g/mol. The number of alkyl halides is 3. The summed E-state index contributed by atoms with van der Waals surface area (Å²) in [4.78, 5) is 25.2. The molecular formula is C82H50F3N7. The Hall–Kier alpha value is -12.3. The highest BCUT2D eigenvalue weighted by molar-refractivity contribution is 6.15. The van der Waals surface area contributed by atoms with Crippen LogP contribution in [0, 0.1) is 6.57 Å². The summed E-state index contributed by atoms with van der Waals surface area (Å²) in [5, 5.41) is 3.35. The van der Waals surface area contributed by atoms with E-state index >= 15 is 13.2 Å². The van der Waals surface area contributed by atoms with E-state index in [0.29, 0.717) is 16.7 Å². The third-order valence-electron chi connectivity index (χ3n) is 17.2. The lowest BCUT2D eigenvalue weighted by Gasteiger charge is -2.22. The maximum Gasteiger partial charge on any atom is 0.417 e. The first-order valence-electron chi connectivity index (χ1n) is 30.2. The number of rotatable bonds is 11. The van der Waals surface area contributed by atoms with Gasteiger partial charge in [0.05, 0.1) is 91.1 Å². The molecular weight excluding hydrogens is 1140 g/mol. The van der Waals surface area contributed by atoms with Crippen LogP contribution in [0.25, 0.3) is 161 Å². The molecule has 0 amide bonds. The minimum atomic E-state index is -4.74. The number of fused-ring (bicyclic) bond motifs is 6. The number of nitrogens with zero attached hydrogens (tertiary/aromatic N) is 7. The molecule has 0 saturated heterocycles. The fourth-order valence-corrected chi connectivity index (χ4v) is 12.9. The molecule has 0 spiro atoms. The number of hydrogen-bond acceptors (Lipinski definition) is 4. The van der Waals surface area contributed by atoms with Crippen LogP contribution in [0.2, 0.25) is 0 Å². The summed E-state index contributed by atoms with van der Waals surface area (Å²) in [5.41, 5.74) is 16.8. The molecule has 10 heteroatoms. The molecule has 6 heterocycles. The van der Waals surface area contributed by atoms with Crippen LogP contribution >= 0.6 is 0 Å². The van der Waals surface area contributed by atoms with Gasteiger partial charge in [-0.3, -0.25) is 0 Å². The van der Waals surface area contributed by atoms with Gasteiger partial charge in [0.1, 0.15) is 0 Å². The number of hydrogen-bond donors (Lipinski definition) is 0. The summed E-state index contributed by atoms with van der Waals surface area (Å²) in [7, 11) is 0. The number of benzene rings is 10. The Morgan fingerprint density at radius 1 is 0.283 bits per heavy atom. The molecule has 0 aliphatic heterocycles. The maximum absolute atomic E-state index is 15.7. The third-order valence-corrected chi connectivity index (χ3v) is 17.2. The SMILES string of the molecule is [C-]#[N+]c1c(-n2c3ccc(-c4cccc(-c5ccccc5)n4)cc3c3cc(-c4cccc(-c5ccccc5)n4)ccc32)ccc(-c2ccccc2C(F)(F)F)c1-n1c2ccc(-c3cccc(-c4ccccc4)n3)cc2c2cc(-c3cccc(-c4ccccc4)n3)ccc21. The van der Waals surface area contributed by atoms with Crippen LogP contribution in [0.4, 0.5) is 18.9 Å². The smallest absolute Gasteiger partial charge is 0.319 e. The first-order valence-corrected chi connectivity index (χ1v) is 30.2. The highest BCUT2D eigenvalue weighted by Crippen LogP contribution is 2.49. The topological polar surface area (TPSA) is 65.8 Å². The van der Waals surface area contributed by atoms with E-state index in [1.54, 1.807) is 18.2 Å². The van der Waals surface area contributed by atoms with Crippen LogP contribution in [0.15, 0.2) is 303 Å². The zero-order valence-electron chi connectivity index (χ0n) is 49.1. The minimum absolute atomic E-state index is 0.0643. The lowest BCUT2D eigenvalue weighted by molar-refractivity contribution is -0.137. The second-order valence-corrected chi connectivity index (χ2v) is 22.7. The van der Waals surface area contributed by atoms with Crippen molar-refractivity contribution in [3.05, 3.63) is 320 Å². The molecule has 7 nitrogen and oxygen atoms in total. The zero-order valence-corrected chi connectivity index (χ0v) is 49.1. The van der Waals surface area contributed by atoms with Gasteiger partial charge in [-0.05, 0) is 120 Å². The lowest BCUT2D eigenvalue weighted by Crippen LogP contribution is -2.09. The van der Waals surface area contributed by atoms with Crippen LogP contribution in [-0.2, 0) is 6.18 Å². The second kappa shape index (κ2) is 22.7. The van der Waals surface area contributed by atoms with Gasteiger partial charge in [-0.25, -0.2) is 24.8 Å². The largest absolute Gasteiger partial charge is 0.417 e. The van der Waals surface area contributed by atoms with Crippen LogP contribution in [0.5, 0.6) is 0 Å². The Morgan fingerprint density at radius 3 is 0.913 bits per heavy atom. The summed E-state index contributed by atoms with van der Waals surface area (Å²) < 4.78 is 51.1. The normalized spacial score (nSPS) is 11.6. The van der Waals surface area contributed by atoms with Gasteiger partial charge in [0.15, 0.2) is 0 Å². The van der Waals surface area contributed by atoms with Gasteiger partial charge in [-0.1, -0.05) is 194 Å². The quantitative estimate of drug-likeness (QED) is 0.121. The minimum Gasteiger partial charge on any atom is -0.319 e. The van der Waals surface area contributed by atoms with Crippen LogP contribution in [0.1, 0.15) is 5.56 Å². The first kappa shape index (κ1) is 55.0. The molecule has 0 N–H and O–H groups in total. The summed E-state index contributed by atoms with van der Waals surface area (Å²) in [6.45, 7) is 9.49. The molecule has 0 saturated carbocycles. The van der Waals surface area contributed by atoms with Crippen molar-refractivity contribution in [1.82, 2.24) is 29.1 Å². The van der Waals surface area contributed by atoms with Crippen LogP contribution in [0.3, 0.4) is 0 Å². The van der Waals surface area contributed by atoms with E-state index < -0.39 is 11.7 Å². The zero-order chi connectivity index (χ0) is 61.9. The molecule has 6 aromatic heterocycles. The van der Waals surface area contributed by atoms with Gasteiger partial charge in [-0.15, -0.1) is 0 Å². The van der Waals surface area contributed by atoms with Crippen LogP contribution in [-0.4, -0.2) is 29.1 Å². The molecule has 16 rings (SSSR count). The van der Waals surface area contributed by atoms with Crippen molar-refractivity contribution in [3.63, 3.8) is 0 Å². The Kier molecular flexibility index (Phi) is 13.6. The summed E-state index contributed by atoms with van der Waals surface area (Å²) in [6, 6.07) is 98.1. The average Bonchev–Trinajstić information content (AvgIpc) is 1.54. The predicted molar refractivity (Wildman–Crippen MR) is 366 cm³/mol. The molecule has 0 radical (unpaired) electrons. The Labute approximate surface area is 527 Å². The van der Waals surface area contributed by atoms with E-state index in [1.807, 2.05) is 235 Å². The first-order chi connectivity index (χ1) is 45.2. The van der Waals surface area contributed by atoms with E-state index in [2.05, 4.69) is 45.8 Å².